The number of carbonyl (C=O) groups excluding carboxylic acids is 3. The van der Waals surface area contributed by atoms with Crippen LogP contribution in [0.25, 0.3) is 5.57 Å². The number of nitrogens with zero attached hydrogens (tertiary/aromatic N) is 1. The first-order chi connectivity index (χ1) is 13.9. The van der Waals surface area contributed by atoms with Gasteiger partial charge in [-0.2, -0.15) is 0 Å². The van der Waals surface area contributed by atoms with Gasteiger partial charge in [0.15, 0.2) is 0 Å². The second kappa shape index (κ2) is 8.09. The standard InChI is InChI=1S/C20H24N2O6S2/c1-9(23)14-12-6-11(10-5-13(16(21)29)30-7-10)15(22(12)17(14)24)18(25)27-8-28-19(26)20(2,3)4/h5,7,9,12,14,23H,6,8H2,1-4H3,(H2,21,29)/t9-,12-,14-/m1/s1. The third kappa shape index (κ3) is 3.99. The van der Waals surface area contributed by atoms with E-state index in [0.717, 1.165) is 0 Å². The fourth-order valence-corrected chi connectivity index (χ4v) is 4.54. The van der Waals surface area contributed by atoms with Gasteiger partial charge in [-0.15, -0.1) is 11.3 Å². The molecule has 0 spiro atoms. The van der Waals surface area contributed by atoms with E-state index in [1.807, 2.05) is 5.38 Å². The molecule has 3 atom stereocenters. The highest BCUT2D eigenvalue weighted by atomic mass is 32.1. The molecule has 2 aliphatic heterocycles. The molecule has 0 unspecified atom stereocenters. The van der Waals surface area contributed by atoms with E-state index in [-0.39, 0.29) is 22.6 Å². The van der Waals surface area contributed by atoms with Crippen LogP contribution in [-0.4, -0.2) is 51.8 Å². The van der Waals surface area contributed by atoms with Gasteiger partial charge in [0.25, 0.3) is 0 Å². The summed E-state index contributed by atoms with van der Waals surface area (Å²) in [5.74, 6) is -2.21. The Balaban J connectivity index is 1.85. The highest BCUT2D eigenvalue weighted by Crippen LogP contribution is 2.47. The molecule has 0 radical (unpaired) electrons. The van der Waals surface area contributed by atoms with Crippen LogP contribution in [0.3, 0.4) is 0 Å². The Morgan fingerprint density at radius 1 is 1.40 bits per heavy atom. The molecule has 3 rings (SSSR count). The van der Waals surface area contributed by atoms with Crippen molar-refractivity contribution in [3.05, 3.63) is 27.6 Å². The third-order valence-electron chi connectivity index (χ3n) is 5.11. The van der Waals surface area contributed by atoms with Crippen LogP contribution in [-0.2, 0) is 23.9 Å². The van der Waals surface area contributed by atoms with Gasteiger partial charge < -0.3 is 25.2 Å². The Kier molecular flexibility index (Phi) is 6.03. The van der Waals surface area contributed by atoms with E-state index in [1.54, 1.807) is 33.8 Å². The lowest BCUT2D eigenvalue weighted by Crippen LogP contribution is -2.61. The van der Waals surface area contributed by atoms with Crippen molar-refractivity contribution in [3.8, 4) is 0 Å². The number of carbonyl (C=O) groups is 3. The van der Waals surface area contributed by atoms with Gasteiger partial charge in [-0.1, -0.05) is 12.2 Å². The molecule has 1 amide bonds. The van der Waals surface area contributed by atoms with E-state index in [1.165, 1.54) is 16.2 Å². The Morgan fingerprint density at radius 2 is 2.07 bits per heavy atom. The van der Waals surface area contributed by atoms with Crippen molar-refractivity contribution in [2.45, 2.75) is 46.3 Å². The van der Waals surface area contributed by atoms with Gasteiger partial charge in [-0.3, -0.25) is 9.59 Å². The Labute approximate surface area is 183 Å². The molecule has 0 aliphatic carbocycles. The second-order valence-corrected chi connectivity index (χ2v) is 9.72. The van der Waals surface area contributed by atoms with Crippen LogP contribution >= 0.6 is 23.6 Å². The molecule has 10 heteroatoms. The lowest BCUT2D eigenvalue weighted by atomic mass is 9.82. The number of aliphatic hydroxyl groups is 1. The number of thiocarbonyl (C=S) groups is 1. The van der Waals surface area contributed by atoms with Crippen LogP contribution in [0.1, 0.15) is 44.6 Å². The highest BCUT2D eigenvalue weighted by Gasteiger charge is 2.57. The topological polar surface area (TPSA) is 119 Å². The molecule has 30 heavy (non-hydrogen) atoms. The number of fused-ring (bicyclic) bond motifs is 1. The van der Waals surface area contributed by atoms with Crippen LogP contribution in [0.2, 0.25) is 0 Å². The predicted octanol–water partition coefficient (Wildman–Crippen LogP) is 1.79. The quantitative estimate of drug-likeness (QED) is 0.290. The Bertz CT molecular complexity index is 943. The lowest BCUT2D eigenvalue weighted by Gasteiger charge is -2.44. The molecular weight excluding hydrogens is 428 g/mol. The first kappa shape index (κ1) is 22.4. The molecule has 1 saturated heterocycles. The molecule has 0 bridgehead atoms. The summed E-state index contributed by atoms with van der Waals surface area (Å²) in [6.45, 7) is 6.05. The van der Waals surface area contributed by atoms with E-state index in [0.29, 0.717) is 22.4 Å². The Morgan fingerprint density at radius 3 is 2.60 bits per heavy atom. The van der Waals surface area contributed by atoms with Gasteiger partial charge in [-0.05, 0) is 56.7 Å². The number of amides is 1. The average molecular weight is 453 g/mol. The van der Waals surface area contributed by atoms with Gasteiger partial charge in [0.05, 0.1) is 28.4 Å². The smallest absolute Gasteiger partial charge is 0.358 e. The number of β-lactam (4-membered cyclic amide) rings is 1. The molecule has 0 aromatic carbocycles. The number of aliphatic hydroxyl groups excluding tert-OH is 1. The summed E-state index contributed by atoms with van der Waals surface area (Å²) >= 11 is 6.35. The van der Waals surface area contributed by atoms with Gasteiger partial charge in [-0.25, -0.2) is 4.79 Å². The number of ether oxygens (including phenoxy) is 2. The highest BCUT2D eigenvalue weighted by molar-refractivity contribution is 7.81. The molecule has 1 aromatic heterocycles. The number of rotatable bonds is 6. The van der Waals surface area contributed by atoms with E-state index in [9.17, 15) is 19.5 Å². The first-order valence-corrected chi connectivity index (χ1v) is 10.7. The summed E-state index contributed by atoms with van der Waals surface area (Å²) in [5.41, 5.74) is 6.38. The zero-order valence-electron chi connectivity index (χ0n) is 17.1. The summed E-state index contributed by atoms with van der Waals surface area (Å²) in [6, 6.07) is 1.43. The van der Waals surface area contributed by atoms with Crippen molar-refractivity contribution >= 4 is 52.0 Å². The summed E-state index contributed by atoms with van der Waals surface area (Å²) in [7, 11) is 0. The molecule has 1 aromatic rings. The predicted molar refractivity (Wildman–Crippen MR) is 114 cm³/mol. The van der Waals surface area contributed by atoms with Crippen molar-refractivity contribution in [1.29, 1.82) is 0 Å². The second-order valence-electron chi connectivity index (χ2n) is 8.37. The maximum atomic E-state index is 12.8. The SMILES string of the molecule is C[C@@H](O)[C@H]1C(=O)N2C(C(=O)OCOC(=O)C(C)(C)C)=C(c3csc(C(N)=S)c3)C[C@H]12. The molecule has 0 saturated carbocycles. The van der Waals surface area contributed by atoms with Crippen LogP contribution in [0, 0.1) is 11.3 Å². The zero-order valence-corrected chi connectivity index (χ0v) is 18.8. The van der Waals surface area contributed by atoms with Crippen molar-refractivity contribution in [1.82, 2.24) is 4.90 Å². The number of thiophene rings is 1. The van der Waals surface area contributed by atoms with Crippen LogP contribution in [0.5, 0.6) is 0 Å². The van der Waals surface area contributed by atoms with E-state index in [2.05, 4.69) is 0 Å². The van der Waals surface area contributed by atoms with Gasteiger partial charge >= 0.3 is 11.9 Å². The monoisotopic (exact) mass is 452 g/mol. The maximum Gasteiger partial charge on any atom is 0.358 e. The molecule has 2 aliphatic rings. The lowest BCUT2D eigenvalue weighted by molar-refractivity contribution is -0.175. The van der Waals surface area contributed by atoms with Crippen LogP contribution in [0.15, 0.2) is 17.1 Å². The van der Waals surface area contributed by atoms with Crippen LogP contribution < -0.4 is 5.73 Å². The minimum atomic E-state index is -0.835. The van der Waals surface area contributed by atoms with Crippen molar-refractivity contribution < 1.29 is 29.0 Å². The third-order valence-corrected chi connectivity index (χ3v) is 6.42. The fourth-order valence-electron chi connectivity index (χ4n) is 3.56. The average Bonchev–Trinajstić information content (AvgIpc) is 3.23. The molecule has 3 heterocycles. The minimum Gasteiger partial charge on any atom is -0.427 e. The van der Waals surface area contributed by atoms with E-state index < -0.39 is 36.2 Å². The van der Waals surface area contributed by atoms with Crippen molar-refractivity contribution in [2.75, 3.05) is 6.79 Å². The van der Waals surface area contributed by atoms with Gasteiger partial charge in [0.1, 0.15) is 10.7 Å². The van der Waals surface area contributed by atoms with Crippen molar-refractivity contribution in [2.24, 2.45) is 17.1 Å². The molecule has 1 fully saturated rings. The number of nitrogens with two attached hydrogens (primary N) is 1. The Hall–Kier alpha value is -2.30. The minimum absolute atomic E-state index is 0.0981. The largest absolute Gasteiger partial charge is 0.427 e. The molecule has 8 nitrogen and oxygen atoms in total. The summed E-state index contributed by atoms with van der Waals surface area (Å²) in [4.78, 5) is 39.6. The van der Waals surface area contributed by atoms with Crippen molar-refractivity contribution in [3.63, 3.8) is 0 Å². The zero-order chi connectivity index (χ0) is 22.4. The number of hydrogen-bond acceptors (Lipinski definition) is 8. The molecule has 3 N–H and O–H groups in total. The van der Waals surface area contributed by atoms with E-state index in [4.69, 9.17) is 27.4 Å². The summed E-state index contributed by atoms with van der Waals surface area (Å²) < 4.78 is 10.2. The first-order valence-electron chi connectivity index (χ1n) is 9.40. The van der Waals surface area contributed by atoms with Crippen LogP contribution in [0.4, 0.5) is 0 Å². The normalized spacial score (nSPS) is 21.8. The molecular formula is C20H24N2O6S2. The summed E-state index contributed by atoms with van der Waals surface area (Å²) in [5, 5.41) is 11.8. The fraction of sp³-hybridized carbons (Fsp3) is 0.500. The van der Waals surface area contributed by atoms with Gasteiger partial charge in [0, 0.05) is 0 Å². The maximum absolute atomic E-state index is 12.8. The van der Waals surface area contributed by atoms with Gasteiger partial charge in [0.2, 0.25) is 12.7 Å². The van der Waals surface area contributed by atoms with E-state index >= 15 is 0 Å². The number of hydrogen-bond donors (Lipinski definition) is 2. The number of esters is 2. The summed E-state index contributed by atoms with van der Waals surface area (Å²) in [6.07, 6.45) is -0.445. The molecule has 162 valence electrons.